The fourth-order valence-corrected chi connectivity index (χ4v) is 2.88. The van der Waals surface area contributed by atoms with Crippen LogP contribution in [0.1, 0.15) is 6.92 Å². The van der Waals surface area contributed by atoms with Crippen LogP contribution in [0.3, 0.4) is 0 Å². The van der Waals surface area contributed by atoms with Crippen molar-refractivity contribution in [3.05, 3.63) is 23.2 Å². The SMILES string of the molecule is CC(Sc1nc2cc(Cl)ccc2n1C)C(=O)NCC(F)(F)F. The normalized spacial score (nSPS) is 13.4. The van der Waals surface area contributed by atoms with Crippen LogP contribution in [0.4, 0.5) is 13.2 Å². The van der Waals surface area contributed by atoms with Gasteiger partial charge in [0.05, 0.1) is 16.3 Å². The zero-order chi connectivity index (χ0) is 16.5. The van der Waals surface area contributed by atoms with E-state index in [1.807, 2.05) is 5.32 Å². The van der Waals surface area contributed by atoms with Crippen LogP contribution in [0.25, 0.3) is 11.0 Å². The second kappa shape index (κ2) is 6.37. The molecule has 120 valence electrons. The Labute approximate surface area is 134 Å². The number of thioether (sulfide) groups is 1. The summed E-state index contributed by atoms with van der Waals surface area (Å²) in [7, 11) is 1.77. The smallest absolute Gasteiger partial charge is 0.346 e. The Hall–Kier alpha value is -1.41. The Kier molecular flexibility index (Phi) is 4.91. The second-order valence-electron chi connectivity index (χ2n) is 4.68. The number of aryl methyl sites for hydroxylation is 1. The van der Waals surface area contributed by atoms with Gasteiger partial charge in [-0.05, 0) is 25.1 Å². The van der Waals surface area contributed by atoms with Crippen molar-refractivity contribution in [1.82, 2.24) is 14.9 Å². The highest BCUT2D eigenvalue weighted by atomic mass is 35.5. The fraction of sp³-hybridized carbons (Fsp3) is 0.385. The third kappa shape index (κ3) is 4.07. The molecule has 1 aromatic heterocycles. The molecule has 0 saturated carbocycles. The number of imidazole rings is 1. The van der Waals surface area contributed by atoms with E-state index in [9.17, 15) is 18.0 Å². The monoisotopic (exact) mass is 351 g/mol. The van der Waals surface area contributed by atoms with Gasteiger partial charge in [0, 0.05) is 12.1 Å². The maximum atomic E-state index is 12.1. The molecule has 0 aliphatic heterocycles. The molecule has 9 heteroatoms. The molecule has 0 aliphatic rings. The summed E-state index contributed by atoms with van der Waals surface area (Å²) in [5.74, 6) is -0.688. The molecule has 0 saturated heterocycles. The number of rotatable bonds is 4. The highest BCUT2D eigenvalue weighted by molar-refractivity contribution is 8.00. The van der Waals surface area contributed by atoms with Crippen LogP contribution in [0.2, 0.25) is 5.02 Å². The quantitative estimate of drug-likeness (QED) is 0.859. The van der Waals surface area contributed by atoms with E-state index in [1.54, 1.807) is 29.8 Å². The number of carbonyl (C=O) groups is 1. The van der Waals surface area contributed by atoms with Gasteiger partial charge in [0.15, 0.2) is 5.16 Å². The van der Waals surface area contributed by atoms with Gasteiger partial charge >= 0.3 is 6.18 Å². The lowest BCUT2D eigenvalue weighted by Crippen LogP contribution is -2.38. The number of amides is 1. The van der Waals surface area contributed by atoms with Gasteiger partial charge in [0.1, 0.15) is 6.54 Å². The Morgan fingerprint density at radius 3 is 2.82 bits per heavy atom. The first-order valence-corrected chi connectivity index (χ1v) is 7.56. The molecule has 0 aliphatic carbocycles. The number of nitrogens with zero attached hydrogens (tertiary/aromatic N) is 2. The Bertz CT molecular complexity index is 702. The number of carbonyl (C=O) groups excluding carboxylic acids is 1. The molecule has 4 nitrogen and oxygen atoms in total. The minimum atomic E-state index is -4.42. The molecule has 0 fully saturated rings. The third-order valence-corrected chi connectivity index (χ3v) is 4.30. The number of fused-ring (bicyclic) bond motifs is 1. The average Bonchev–Trinajstić information content (AvgIpc) is 2.71. The third-order valence-electron chi connectivity index (χ3n) is 2.92. The van der Waals surface area contributed by atoms with Crippen molar-refractivity contribution in [1.29, 1.82) is 0 Å². The first-order valence-electron chi connectivity index (χ1n) is 6.30. The van der Waals surface area contributed by atoms with E-state index in [-0.39, 0.29) is 0 Å². The molecule has 0 bridgehead atoms. The van der Waals surface area contributed by atoms with Crippen molar-refractivity contribution < 1.29 is 18.0 Å². The van der Waals surface area contributed by atoms with E-state index in [2.05, 4.69) is 4.98 Å². The fourth-order valence-electron chi connectivity index (χ4n) is 1.80. The predicted molar refractivity (Wildman–Crippen MR) is 80.1 cm³/mol. The van der Waals surface area contributed by atoms with E-state index < -0.39 is 23.9 Å². The van der Waals surface area contributed by atoms with Gasteiger partial charge in [-0.1, -0.05) is 23.4 Å². The van der Waals surface area contributed by atoms with Crippen LogP contribution in [0, 0.1) is 0 Å². The van der Waals surface area contributed by atoms with Crippen LogP contribution in [-0.2, 0) is 11.8 Å². The predicted octanol–water partition coefficient (Wildman–Crippen LogP) is 3.39. The van der Waals surface area contributed by atoms with Gasteiger partial charge < -0.3 is 9.88 Å². The standard InChI is InChI=1S/C13H13ClF3N3OS/c1-7(11(21)18-6-13(15,16)17)22-12-19-9-5-8(14)3-4-10(9)20(12)2/h3-5,7H,6H2,1-2H3,(H,18,21). The molecule has 2 aromatic rings. The van der Waals surface area contributed by atoms with Crippen LogP contribution >= 0.6 is 23.4 Å². The van der Waals surface area contributed by atoms with Crippen LogP contribution in [0.15, 0.2) is 23.4 Å². The summed E-state index contributed by atoms with van der Waals surface area (Å²) in [6.07, 6.45) is -4.42. The van der Waals surface area contributed by atoms with Crippen LogP contribution in [0.5, 0.6) is 0 Å². The number of benzene rings is 1. The van der Waals surface area contributed by atoms with Gasteiger partial charge in [0.2, 0.25) is 5.91 Å². The van der Waals surface area contributed by atoms with Gasteiger partial charge in [-0.3, -0.25) is 4.79 Å². The van der Waals surface area contributed by atoms with Gasteiger partial charge in [-0.25, -0.2) is 4.98 Å². The first-order chi connectivity index (χ1) is 10.2. The lowest BCUT2D eigenvalue weighted by atomic mass is 10.3. The summed E-state index contributed by atoms with van der Waals surface area (Å²) in [5, 5.41) is 2.24. The van der Waals surface area contributed by atoms with Crippen LogP contribution in [-0.4, -0.2) is 33.4 Å². The molecule has 1 atom stereocenters. The molecular weight excluding hydrogens is 339 g/mol. The maximum Gasteiger partial charge on any atom is 0.405 e. The summed E-state index contributed by atoms with van der Waals surface area (Å²) in [4.78, 5) is 16.0. The number of halogens is 4. The van der Waals surface area contributed by atoms with Crippen molar-refractivity contribution >= 4 is 40.3 Å². The van der Waals surface area contributed by atoms with Crippen molar-refractivity contribution in [2.24, 2.45) is 7.05 Å². The van der Waals surface area contributed by atoms with Crippen molar-refractivity contribution in [3.63, 3.8) is 0 Å². The molecule has 1 aromatic carbocycles. The zero-order valence-electron chi connectivity index (χ0n) is 11.7. The molecule has 22 heavy (non-hydrogen) atoms. The Morgan fingerprint density at radius 1 is 1.50 bits per heavy atom. The number of hydrogen-bond acceptors (Lipinski definition) is 3. The van der Waals surface area contributed by atoms with Gasteiger partial charge in [-0.15, -0.1) is 0 Å². The van der Waals surface area contributed by atoms with E-state index in [0.29, 0.717) is 15.7 Å². The topological polar surface area (TPSA) is 46.9 Å². The second-order valence-corrected chi connectivity index (χ2v) is 6.42. The van der Waals surface area contributed by atoms with Crippen LogP contribution < -0.4 is 5.32 Å². The van der Waals surface area contributed by atoms with E-state index >= 15 is 0 Å². The minimum absolute atomic E-state index is 0.534. The highest BCUT2D eigenvalue weighted by Gasteiger charge is 2.29. The number of nitrogens with one attached hydrogen (secondary N) is 1. The number of alkyl halides is 3. The largest absolute Gasteiger partial charge is 0.405 e. The van der Waals surface area contributed by atoms with Gasteiger partial charge in [0.25, 0.3) is 0 Å². The molecular formula is C13H13ClF3N3OS. The molecule has 1 amide bonds. The van der Waals surface area contributed by atoms with Crippen molar-refractivity contribution in [2.75, 3.05) is 6.54 Å². The zero-order valence-corrected chi connectivity index (χ0v) is 13.3. The summed E-state index contributed by atoms with van der Waals surface area (Å²) in [6.45, 7) is 0.192. The van der Waals surface area contributed by atoms with E-state index in [4.69, 9.17) is 11.6 Å². The minimum Gasteiger partial charge on any atom is -0.346 e. The van der Waals surface area contributed by atoms with Crippen molar-refractivity contribution in [2.45, 2.75) is 23.5 Å². The molecule has 1 heterocycles. The summed E-state index contributed by atoms with van der Waals surface area (Å²) in [6, 6.07) is 5.21. The summed E-state index contributed by atoms with van der Waals surface area (Å²) in [5.41, 5.74) is 1.50. The maximum absolute atomic E-state index is 12.1. The highest BCUT2D eigenvalue weighted by Crippen LogP contribution is 2.27. The Morgan fingerprint density at radius 2 is 2.18 bits per heavy atom. The number of hydrogen-bond donors (Lipinski definition) is 1. The first kappa shape index (κ1) is 17.0. The van der Waals surface area contributed by atoms with E-state index in [1.165, 1.54) is 6.92 Å². The van der Waals surface area contributed by atoms with Crippen molar-refractivity contribution in [3.8, 4) is 0 Å². The molecule has 1 N–H and O–H groups in total. The summed E-state index contributed by atoms with van der Waals surface area (Å²) >= 11 is 6.98. The average molecular weight is 352 g/mol. The van der Waals surface area contributed by atoms with Gasteiger partial charge in [-0.2, -0.15) is 13.2 Å². The lowest BCUT2D eigenvalue weighted by Gasteiger charge is -2.13. The number of aromatic nitrogens is 2. The lowest BCUT2D eigenvalue weighted by molar-refractivity contribution is -0.137. The Balaban J connectivity index is 2.10. The van der Waals surface area contributed by atoms with E-state index in [0.717, 1.165) is 17.3 Å². The molecule has 0 spiro atoms. The molecule has 1 unspecified atom stereocenters. The summed E-state index contributed by atoms with van der Waals surface area (Å²) < 4.78 is 38.1. The molecule has 2 rings (SSSR count). The molecule has 0 radical (unpaired) electrons.